The van der Waals surface area contributed by atoms with Gasteiger partial charge in [0.05, 0.1) is 11.0 Å². The molecule has 2 heteroatoms. The molecule has 2 rings (SSSR count). The van der Waals surface area contributed by atoms with Gasteiger partial charge in [0.25, 0.3) is 0 Å². The molecule has 0 aliphatic heterocycles. The van der Waals surface area contributed by atoms with Crippen LogP contribution in [0.15, 0.2) is 48.5 Å². The molecule has 0 amide bonds. The number of carbonyl (C=O) groups is 1. The summed E-state index contributed by atoms with van der Waals surface area (Å²) >= 11 is 0. The van der Waals surface area contributed by atoms with Crippen LogP contribution in [-0.2, 0) is 5.41 Å². The van der Waals surface area contributed by atoms with E-state index in [1.165, 1.54) is 6.07 Å². The molecule has 0 radical (unpaired) electrons. The molecule has 19 heavy (non-hydrogen) atoms. The van der Waals surface area contributed by atoms with Gasteiger partial charge in [0.2, 0.25) is 0 Å². The van der Waals surface area contributed by atoms with E-state index in [0.717, 1.165) is 11.1 Å². The van der Waals surface area contributed by atoms with Gasteiger partial charge in [0, 0.05) is 0 Å². The van der Waals surface area contributed by atoms with Crippen LogP contribution < -0.4 is 0 Å². The topological polar surface area (TPSA) is 17.1 Å². The first kappa shape index (κ1) is 13.5. The molecule has 0 spiro atoms. The Bertz CT molecular complexity index is 600. The van der Waals surface area contributed by atoms with Crippen LogP contribution in [0.3, 0.4) is 0 Å². The van der Waals surface area contributed by atoms with E-state index >= 15 is 0 Å². The summed E-state index contributed by atoms with van der Waals surface area (Å²) in [5, 5.41) is 0. The number of aryl methyl sites for hydroxylation is 1. The van der Waals surface area contributed by atoms with Crippen LogP contribution in [0.25, 0.3) is 0 Å². The molecule has 0 aromatic heterocycles. The highest BCUT2D eigenvalue weighted by Crippen LogP contribution is 2.28. The third kappa shape index (κ3) is 2.58. The molecular formula is C17H17FO. The fraction of sp³-hybridized carbons (Fsp3) is 0.235. The van der Waals surface area contributed by atoms with Gasteiger partial charge in [0.15, 0.2) is 5.78 Å². The number of Topliss-reactive ketones (excluding diaryl/α,β-unsaturated/α-hetero) is 1. The molecule has 1 nitrogen and oxygen atoms in total. The Morgan fingerprint density at radius 3 is 2.32 bits per heavy atom. The number of rotatable bonds is 3. The Morgan fingerprint density at radius 2 is 1.68 bits per heavy atom. The summed E-state index contributed by atoms with van der Waals surface area (Å²) in [4.78, 5) is 12.6. The molecule has 2 aromatic rings. The maximum Gasteiger partial charge on any atom is 0.175 e. The lowest BCUT2D eigenvalue weighted by Gasteiger charge is -2.24. The van der Waals surface area contributed by atoms with E-state index in [0.29, 0.717) is 0 Å². The molecule has 2 aromatic carbocycles. The van der Waals surface area contributed by atoms with Crippen LogP contribution in [0.5, 0.6) is 0 Å². The molecule has 0 unspecified atom stereocenters. The Balaban J connectivity index is 2.46. The Hall–Kier alpha value is -1.96. The summed E-state index contributed by atoms with van der Waals surface area (Å²) in [5.41, 5.74) is 1.19. The number of hydrogen-bond donors (Lipinski definition) is 0. The van der Waals surface area contributed by atoms with Crippen molar-refractivity contribution in [1.29, 1.82) is 0 Å². The predicted molar refractivity (Wildman–Crippen MR) is 74.9 cm³/mol. The largest absolute Gasteiger partial charge is 0.293 e. The predicted octanol–water partition coefficient (Wildman–Crippen LogP) is 4.29. The summed E-state index contributed by atoms with van der Waals surface area (Å²) in [7, 11) is 0. The van der Waals surface area contributed by atoms with Gasteiger partial charge in [0.1, 0.15) is 5.82 Å². The molecule has 0 atom stereocenters. The molecule has 0 saturated heterocycles. The third-order valence-electron chi connectivity index (χ3n) is 3.43. The highest BCUT2D eigenvalue weighted by atomic mass is 19.1. The van der Waals surface area contributed by atoms with Crippen LogP contribution in [-0.4, -0.2) is 5.78 Å². The van der Waals surface area contributed by atoms with Gasteiger partial charge in [-0.1, -0.05) is 42.0 Å². The normalized spacial score (nSPS) is 11.4. The van der Waals surface area contributed by atoms with E-state index in [1.54, 1.807) is 12.1 Å². The molecule has 98 valence electrons. The molecule has 0 heterocycles. The first-order chi connectivity index (χ1) is 8.93. The Labute approximate surface area is 113 Å². The first-order valence-electron chi connectivity index (χ1n) is 6.29. The lowest BCUT2D eigenvalue weighted by molar-refractivity contribution is 0.0904. The SMILES string of the molecule is Cc1ccc(F)c(C(=O)C(C)(C)c2ccccc2)c1. The van der Waals surface area contributed by atoms with Crippen molar-refractivity contribution in [3.8, 4) is 0 Å². The lowest BCUT2D eigenvalue weighted by Crippen LogP contribution is -2.29. The standard InChI is InChI=1S/C17H17FO/c1-12-9-10-15(18)14(11-12)16(19)17(2,3)13-7-5-4-6-8-13/h4-11H,1-3H3. The average Bonchev–Trinajstić information content (AvgIpc) is 2.41. The van der Waals surface area contributed by atoms with Gasteiger partial charge < -0.3 is 0 Å². The van der Waals surface area contributed by atoms with Gasteiger partial charge in [-0.25, -0.2) is 4.39 Å². The van der Waals surface area contributed by atoms with Crippen LogP contribution in [0.4, 0.5) is 4.39 Å². The number of hydrogen-bond acceptors (Lipinski definition) is 1. The quantitative estimate of drug-likeness (QED) is 0.748. The van der Waals surface area contributed by atoms with Gasteiger partial charge in [-0.3, -0.25) is 4.79 Å². The van der Waals surface area contributed by atoms with Crippen molar-refractivity contribution in [3.63, 3.8) is 0 Å². The van der Waals surface area contributed by atoms with Crippen molar-refractivity contribution < 1.29 is 9.18 Å². The third-order valence-corrected chi connectivity index (χ3v) is 3.43. The second kappa shape index (κ2) is 4.96. The van der Waals surface area contributed by atoms with Crippen LogP contribution in [0.1, 0.15) is 35.3 Å². The number of halogens is 1. The molecule has 0 saturated carbocycles. The van der Waals surface area contributed by atoms with Crippen molar-refractivity contribution in [2.24, 2.45) is 0 Å². The Morgan fingerprint density at radius 1 is 1.05 bits per heavy atom. The number of carbonyl (C=O) groups excluding carboxylic acids is 1. The van der Waals surface area contributed by atoms with E-state index in [9.17, 15) is 9.18 Å². The highest BCUT2D eigenvalue weighted by Gasteiger charge is 2.32. The van der Waals surface area contributed by atoms with Crippen LogP contribution >= 0.6 is 0 Å². The van der Waals surface area contributed by atoms with E-state index in [1.807, 2.05) is 51.1 Å². The molecule has 0 aliphatic carbocycles. The zero-order valence-electron chi connectivity index (χ0n) is 11.4. The molecule has 0 N–H and O–H groups in total. The van der Waals surface area contributed by atoms with Crippen molar-refractivity contribution >= 4 is 5.78 Å². The summed E-state index contributed by atoms with van der Waals surface area (Å²) in [6.07, 6.45) is 0. The van der Waals surface area contributed by atoms with E-state index in [4.69, 9.17) is 0 Å². The Kier molecular flexibility index (Phi) is 3.52. The van der Waals surface area contributed by atoms with Crippen LogP contribution in [0, 0.1) is 12.7 Å². The summed E-state index contributed by atoms with van der Waals surface area (Å²) in [6.45, 7) is 5.50. The summed E-state index contributed by atoms with van der Waals surface area (Å²) in [6, 6.07) is 14.1. The minimum absolute atomic E-state index is 0.161. The maximum atomic E-state index is 13.8. The minimum atomic E-state index is -0.740. The van der Waals surface area contributed by atoms with Crippen molar-refractivity contribution in [1.82, 2.24) is 0 Å². The van der Waals surface area contributed by atoms with Gasteiger partial charge >= 0.3 is 0 Å². The monoisotopic (exact) mass is 256 g/mol. The average molecular weight is 256 g/mol. The van der Waals surface area contributed by atoms with Crippen molar-refractivity contribution in [3.05, 3.63) is 71.0 Å². The lowest BCUT2D eigenvalue weighted by atomic mass is 9.78. The van der Waals surface area contributed by atoms with Crippen LogP contribution in [0.2, 0.25) is 0 Å². The van der Waals surface area contributed by atoms with Gasteiger partial charge in [-0.2, -0.15) is 0 Å². The highest BCUT2D eigenvalue weighted by molar-refractivity contribution is 6.03. The van der Waals surface area contributed by atoms with Crippen molar-refractivity contribution in [2.75, 3.05) is 0 Å². The first-order valence-corrected chi connectivity index (χ1v) is 6.29. The van der Waals surface area contributed by atoms with E-state index in [2.05, 4.69) is 0 Å². The second-order valence-corrected chi connectivity index (χ2v) is 5.30. The van der Waals surface area contributed by atoms with E-state index < -0.39 is 11.2 Å². The fourth-order valence-corrected chi connectivity index (χ4v) is 2.14. The molecule has 0 bridgehead atoms. The zero-order chi connectivity index (χ0) is 14.0. The zero-order valence-corrected chi connectivity index (χ0v) is 11.4. The van der Waals surface area contributed by atoms with E-state index in [-0.39, 0.29) is 11.3 Å². The number of benzene rings is 2. The smallest absolute Gasteiger partial charge is 0.175 e. The second-order valence-electron chi connectivity index (χ2n) is 5.30. The summed E-state index contributed by atoms with van der Waals surface area (Å²) < 4.78 is 13.8. The molecule has 0 aliphatic rings. The van der Waals surface area contributed by atoms with Crippen molar-refractivity contribution in [2.45, 2.75) is 26.2 Å². The minimum Gasteiger partial charge on any atom is -0.293 e. The fourth-order valence-electron chi connectivity index (χ4n) is 2.14. The van der Waals surface area contributed by atoms with Gasteiger partial charge in [-0.05, 0) is 38.5 Å². The number of ketones is 1. The van der Waals surface area contributed by atoms with Gasteiger partial charge in [-0.15, -0.1) is 0 Å². The summed E-state index contributed by atoms with van der Waals surface area (Å²) in [5.74, 6) is -0.653. The molecular weight excluding hydrogens is 239 g/mol. The maximum absolute atomic E-state index is 13.8. The molecule has 0 fully saturated rings.